The molecule has 5 nitrogen and oxygen atoms in total. The van der Waals surface area contributed by atoms with Gasteiger partial charge in [0.25, 0.3) is 0 Å². The second kappa shape index (κ2) is 7.40. The van der Waals surface area contributed by atoms with Gasteiger partial charge in [0.15, 0.2) is 11.0 Å². The Morgan fingerprint density at radius 1 is 1.25 bits per heavy atom. The molecular weight excluding hydrogens is 272 g/mol. The van der Waals surface area contributed by atoms with Crippen LogP contribution in [0.25, 0.3) is 11.4 Å². The van der Waals surface area contributed by atoms with Gasteiger partial charge in [-0.1, -0.05) is 25.6 Å². The number of pyridine rings is 1. The highest BCUT2D eigenvalue weighted by Gasteiger charge is 2.14. The third kappa shape index (κ3) is 3.80. The van der Waals surface area contributed by atoms with Gasteiger partial charge >= 0.3 is 0 Å². The molecule has 0 aliphatic rings. The Morgan fingerprint density at radius 3 is 2.65 bits per heavy atom. The monoisotopic (exact) mass is 292 g/mol. The SMILES string of the molecule is COCCn1c(SCC(C)C)nnc1-c1ccncc1. The molecule has 2 aromatic heterocycles. The molecule has 0 aromatic carbocycles. The zero-order valence-electron chi connectivity index (χ0n) is 12.1. The lowest BCUT2D eigenvalue weighted by atomic mass is 10.2. The minimum absolute atomic E-state index is 0.622. The summed E-state index contributed by atoms with van der Waals surface area (Å²) in [5, 5.41) is 9.59. The van der Waals surface area contributed by atoms with E-state index in [9.17, 15) is 0 Å². The van der Waals surface area contributed by atoms with E-state index < -0.39 is 0 Å². The Bertz CT molecular complexity index is 527. The van der Waals surface area contributed by atoms with E-state index in [4.69, 9.17) is 4.74 Å². The smallest absolute Gasteiger partial charge is 0.191 e. The van der Waals surface area contributed by atoms with Gasteiger partial charge in [-0.15, -0.1) is 10.2 Å². The summed E-state index contributed by atoms with van der Waals surface area (Å²) in [6.45, 7) is 5.80. The fourth-order valence-corrected chi connectivity index (χ4v) is 2.65. The lowest BCUT2D eigenvalue weighted by Crippen LogP contribution is -2.08. The summed E-state index contributed by atoms with van der Waals surface area (Å²) in [4.78, 5) is 4.04. The molecule has 2 heterocycles. The van der Waals surface area contributed by atoms with Crippen molar-refractivity contribution in [3.05, 3.63) is 24.5 Å². The molecule has 0 N–H and O–H groups in total. The first kappa shape index (κ1) is 15.0. The number of ether oxygens (including phenoxy) is 1. The zero-order valence-corrected chi connectivity index (χ0v) is 12.9. The maximum absolute atomic E-state index is 5.19. The summed E-state index contributed by atoms with van der Waals surface area (Å²) in [7, 11) is 1.71. The number of hydrogen-bond donors (Lipinski definition) is 0. The van der Waals surface area contributed by atoms with Gasteiger partial charge in [0, 0.05) is 30.8 Å². The van der Waals surface area contributed by atoms with E-state index in [1.165, 1.54) is 0 Å². The third-order valence-corrected chi connectivity index (χ3v) is 4.11. The average molecular weight is 292 g/mol. The van der Waals surface area contributed by atoms with E-state index in [2.05, 4.69) is 33.6 Å². The number of rotatable bonds is 7. The Balaban J connectivity index is 2.27. The molecule has 0 saturated carbocycles. The van der Waals surface area contributed by atoms with Crippen molar-refractivity contribution in [1.82, 2.24) is 19.7 Å². The molecule has 0 atom stereocenters. The van der Waals surface area contributed by atoms with Crippen LogP contribution in [0.3, 0.4) is 0 Å². The van der Waals surface area contributed by atoms with E-state index in [1.54, 1.807) is 31.3 Å². The van der Waals surface area contributed by atoms with Gasteiger partial charge in [-0.2, -0.15) is 0 Å². The first-order valence-corrected chi connectivity index (χ1v) is 7.66. The van der Waals surface area contributed by atoms with Gasteiger partial charge in [-0.3, -0.25) is 9.55 Å². The van der Waals surface area contributed by atoms with Crippen molar-refractivity contribution in [1.29, 1.82) is 0 Å². The Kier molecular flexibility index (Phi) is 5.55. The van der Waals surface area contributed by atoms with Crippen molar-refractivity contribution in [2.75, 3.05) is 19.5 Å². The number of hydrogen-bond acceptors (Lipinski definition) is 5. The van der Waals surface area contributed by atoms with Crippen LogP contribution in [0.1, 0.15) is 13.8 Å². The normalized spacial score (nSPS) is 11.2. The number of aromatic nitrogens is 4. The van der Waals surface area contributed by atoms with Crippen LogP contribution in [0, 0.1) is 5.92 Å². The van der Waals surface area contributed by atoms with Crippen molar-refractivity contribution >= 4 is 11.8 Å². The topological polar surface area (TPSA) is 52.8 Å². The molecular formula is C14H20N4OS. The molecule has 0 amide bonds. The maximum atomic E-state index is 5.19. The molecule has 108 valence electrons. The van der Waals surface area contributed by atoms with Crippen LogP contribution >= 0.6 is 11.8 Å². The molecule has 20 heavy (non-hydrogen) atoms. The molecule has 0 saturated heterocycles. The highest BCUT2D eigenvalue weighted by atomic mass is 32.2. The highest BCUT2D eigenvalue weighted by Crippen LogP contribution is 2.24. The van der Waals surface area contributed by atoms with Gasteiger partial charge in [0.2, 0.25) is 0 Å². The molecule has 0 aliphatic carbocycles. The van der Waals surface area contributed by atoms with Gasteiger partial charge in [0.1, 0.15) is 0 Å². The lowest BCUT2D eigenvalue weighted by molar-refractivity contribution is 0.185. The van der Waals surface area contributed by atoms with Crippen molar-refractivity contribution in [2.24, 2.45) is 5.92 Å². The zero-order chi connectivity index (χ0) is 14.4. The fraction of sp³-hybridized carbons (Fsp3) is 0.500. The van der Waals surface area contributed by atoms with Gasteiger partial charge in [-0.25, -0.2) is 0 Å². The summed E-state index contributed by atoms with van der Waals surface area (Å²) in [5.41, 5.74) is 1.03. The molecule has 0 spiro atoms. The van der Waals surface area contributed by atoms with Crippen molar-refractivity contribution < 1.29 is 4.74 Å². The number of methoxy groups -OCH3 is 1. The first-order valence-electron chi connectivity index (χ1n) is 6.67. The summed E-state index contributed by atoms with van der Waals surface area (Å²) in [6, 6.07) is 3.90. The van der Waals surface area contributed by atoms with Crippen molar-refractivity contribution in [2.45, 2.75) is 25.5 Å². The van der Waals surface area contributed by atoms with E-state index in [0.29, 0.717) is 12.5 Å². The molecule has 0 aliphatic heterocycles. The molecule has 0 bridgehead atoms. The summed E-state index contributed by atoms with van der Waals surface area (Å²) < 4.78 is 7.31. The van der Waals surface area contributed by atoms with E-state index in [-0.39, 0.29) is 0 Å². The maximum Gasteiger partial charge on any atom is 0.191 e. The van der Waals surface area contributed by atoms with E-state index >= 15 is 0 Å². The third-order valence-electron chi connectivity index (χ3n) is 2.72. The Morgan fingerprint density at radius 2 is 2.00 bits per heavy atom. The Labute approximate surface area is 123 Å². The van der Waals surface area contributed by atoms with Crippen LogP contribution in [0.4, 0.5) is 0 Å². The molecule has 6 heteroatoms. The second-order valence-electron chi connectivity index (χ2n) is 4.89. The van der Waals surface area contributed by atoms with Crippen molar-refractivity contribution in [3.63, 3.8) is 0 Å². The molecule has 0 fully saturated rings. The molecule has 0 radical (unpaired) electrons. The number of thioether (sulfide) groups is 1. The van der Waals surface area contributed by atoms with Gasteiger partial charge in [0.05, 0.1) is 13.2 Å². The summed E-state index contributed by atoms with van der Waals surface area (Å²) in [6.07, 6.45) is 3.54. The largest absolute Gasteiger partial charge is 0.383 e. The van der Waals surface area contributed by atoms with Crippen LogP contribution in [-0.4, -0.2) is 39.2 Å². The molecule has 2 rings (SSSR count). The Hall–Kier alpha value is -1.40. The van der Waals surface area contributed by atoms with Crippen LogP contribution in [-0.2, 0) is 11.3 Å². The number of nitrogens with zero attached hydrogens (tertiary/aromatic N) is 4. The summed E-state index contributed by atoms with van der Waals surface area (Å²) in [5.74, 6) is 2.52. The molecule has 2 aromatic rings. The van der Waals surface area contributed by atoms with E-state index in [1.807, 2.05) is 12.1 Å². The standard InChI is InChI=1S/C14H20N4OS/c1-11(2)10-20-14-17-16-13(18(14)8-9-19-3)12-4-6-15-7-5-12/h4-7,11H,8-10H2,1-3H3. The van der Waals surface area contributed by atoms with Gasteiger partial charge in [-0.05, 0) is 18.1 Å². The molecule has 0 unspecified atom stereocenters. The lowest BCUT2D eigenvalue weighted by Gasteiger charge is -2.10. The first-order chi connectivity index (χ1) is 9.72. The minimum Gasteiger partial charge on any atom is -0.383 e. The quantitative estimate of drug-likeness (QED) is 0.734. The predicted octanol–water partition coefficient (Wildman–Crippen LogP) is 2.73. The van der Waals surface area contributed by atoms with E-state index in [0.717, 1.165) is 28.8 Å². The minimum atomic E-state index is 0.622. The van der Waals surface area contributed by atoms with Crippen LogP contribution in [0.15, 0.2) is 29.7 Å². The van der Waals surface area contributed by atoms with Crippen LogP contribution in [0.5, 0.6) is 0 Å². The van der Waals surface area contributed by atoms with Crippen LogP contribution < -0.4 is 0 Å². The summed E-state index contributed by atoms with van der Waals surface area (Å²) >= 11 is 1.74. The predicted molar refractivity (Wildman–Crippen MR) is 80.7 cm³/mol. The van der Waals surface area contributed by atoms with Crippen molar-refractivity contribution in [3.8, 4) is 11.4 Å². The second-order valence-corrected chi connectivity index (χ2v) is 5.88. The average Bonchev–Trinajstić information content (AvgIpc) is 2.86. The fourth-order valence-electron chi connectivity index (χ4n) is 1.74. The van der Waals surface area contributed by atoms with Gasteiger partial charge < -0.3 is 4.74 Å². The van der Waals surface area contributed by atoms with Crippen LogP contribution in [0.2, 0.25) is 0 Å². The highest BCUT2D eigenvalue weighted by molar-refractivity contribution is 7.99.